The number of amides is 1. The van der Waals surface area contributed by atoms with Gasteiger partial charge in [0.05, 0.1) is 6.04 Å². The van der Waals surface area contributed by atoms with Gasteiger partial charge in [0.2, 0.25) is 5.91 Å². The molecule has 1 aliphatic heterocycles. The zero-order valence-corrected chi connectivity index (χ0v) is 23.1. The number of hydrogen-bond acceptors (Lipinski definition) is 4. The molecule has 5 nitrogen and oxygen atoms in total. The Kier molecular flexibility index (Phi) is 6.27. The molecule has 0 saturated heterocycles. The van der Waals surface area contributed by atoms with Gasteiger partial charge in [-0.25, -0.2) is 5.01 Å². The van der Waals surface area contributed by atoms with Gasteiger partial charge in [0.15, 0.2) is 0 Å². The second kappa shape index (κ2) is 9.24. The van der Waals surface area contributed by atoms with Gasteiger partial charge in [0.25, 0.3) is 0 Å². The summed E-state index contributed by atoms with van der Waals surface area (Å²) in [6.07, 6.45) is 12.0. The van der Waals surface area contributed by atoms with Crippen molar-refractivity contribution in [3.8, 4) is 0 Å². The molecule has 37 heavy (non-hydrogen) atoms. The standard InChI is InChI=1S/C32H44N2O3/c1-20(35)34-30(22-8-6-5-7-9-22)19-29(33-34)28-13-12-26-25-11-10-23-18-24(37-21(2)36)14-16-31(23,3)27(25)15-17-32(26,28)4/h5-9,23-28,30H,10-19H2,1-4H3/t23-,24-,25-,26-,27-,28+,30-,31-,32-/m0/s1. The molecule has 0 bridgehead atoms. The smallest absolute Gasteiger partial charge is 0.302 e. The first kappa shape index (κ1) is 25.1. The fraction of sp³-hybridized carbons (Fsp3) is 0.719. The molecule has 0 unspecified atom stereocenters. The predicted octanol–water partition coefficient (Wildman–Crippen LogP) is 6.93. The lowest BCUT2D eigenvalue weighted by molar-refractivity contribution is -0.159. The minimum atomic E-state index is -0.125. The highest BCUT2D eigenvalue weighted by Crippen LogP contribution is 2.68. The second-order valence-corrected chi connectivity index (χ2v) is 13.4. The summed E-state index contributed by atoms with van der Waals surface area (Å²) in [5.74, 6) is 3.43. The van der Waals surface area contributed by atoms with Gasteiger partial charge in [-0.3, -0.25) is 9.59 Å². The Bertz CT molecular complexity index is 1080. The molecule has 5 heteroatoms. The van der Waals surface area contributed by atoms with Crippen LogP contribution in [0.15, 0.2) is 35.4 Å². The zero-order chi connectivity index (χ0) is 25.9. The second-order valence-electron chi connectivity index (χ2n) is 13.4. The Morgan fingerprint density at radius 2 is 1.65 bits per heavy atom. The maximum Gasteiger partial charge on any atom is 0.302 e. The van der Waals surface area contributed by atoms with Crippen molar-refractivity contribution < 1.29 is 14.3 Å². The summed E-state index contributed by atoms with van der Waals surface area (Å²) in [4.78, 5) is 24.2. The van der Waals surface area contributed by atoms with Crippen LogP contribution in [0.4, 0.5) is 0 Å². The number of carbonyl (C=O) groups is 2. The zero-order valence-electron chi connectivity index (χ0n) is 23.1. The van der Waals surface area contributed by atoms with Crippen LogP contribution in [0, 0.1) is 40.4 Å². The highest BCUT2D eigenvalue weighted by Gasteiger charge is 2.61. The van der Waals surface area contributed by atoms with Crippen LogP contribution in [-0.2, 0) is 14.3 Å². The van der Waals surface area contributed by atoms with Gasteiger partial charge < -0.3 is 4.74 Å². The lowest BCUT2D eigenvalue weighted by Crippen LogP contribution is -2.54. The molecule has 5 aliphatic rings. The Balaban J connectivity index is 1.21. The van der Waals surface area contributed by atoms with Crippen LogP contribution in [0.3, 0.4) is 0 Å². The van der Waals surface area contributed by atoms with Crippen LogP contribution < -0.4 is 0 Å². The van der Waals surface area contributed by atoms with Crippen LogP contribution in [0.25, 0.3) is 0 Å². The molecule has 4 fully saturated rings. The molecule has 6 rings (SSSR count). The summed E-state index contributed by atoms with van der Waals surface area (Å²) in [5.41, 5.74) is 3.13. The van der Waals surface area contributed by atoms with Crippen molar-refractivity contribution in [1.29, 1.82) is 0 Å². The molecular weight excluding hydrogens is 460 g/mol. The number of hydrogen-bond donors (Lipinski definition) is 0. The number of ether oxygens (including phenoxy) is 1. The molecule has 4 aliphatic carbocycles. The molecule has 0 spiro atoms. The first-order valence-corrected chi connectivity index (χ1v) is 14.8. The Morgan fingerprint density at radius 1 is 0.919 bits per heavy atom. The summed E-state index contributed by atoms with van der Waals surface area (Å²) in [5, 5.41) is 6.80. The van der Waals surface area contributed by atoms with Crippen molar-refractivity contribution in [2.75, 3.05) is 0 Å². The Hall–Kier alpha value is -2.17. The molecule has 4 saturated carbocycles. The molecule has 0 aromatic heterocycles. The quantitative estimate of drug-likeness (QED) is 0.420. The van der Waals surface area contributed by atoms with E-state index in [1.807, 2.05) is 6.07 Å². The number of benzene rings is 1. The van der Waals surface area contributed by atoms with E-state index in [2.05, 4.69) is 38.1 Å². The Labute approximate surface area is 222 Å². The maximum atomic E-state index is 12.6. The molecule has 1 amide bonds. The van der Waals surface area contributed by atoms with Crippen LogP contribution in [0.1, 0.15) is 104 Å². The van der Waals surface area contributed by atoms with Gasteiger partial charge in [0, 0.05) is 31.9 Å². The van der Waals surface area contributed by atoms with E-state index >= 15 is 0 Å². The van der Waals surface area contributed by atoms with Crippen molar-refractivity contribution in [3.05, 3.63) is 35.9 Å². The fourth-order valence-electron chi connectivity index (χ4n) is 10.1. The fourth-order valence-corrected chi connectivity index (χ4v) is 10.1. The van der Waals surface area contributed by atoms with Crippen molar-refractivity contribution in [2.45, 2.75) is 104 Å². The number of hydrazone groups is 1. The molecule has 0 N–H and O–H groups in total. The molecule has 200 valence electrons. The number of carbonyl (C=O) groups excluding carboxylic acids is 2. The maximum absolute atomic E-state index is 12.6. The summed E-state index contributed by atoms with van der Waals surface area (Å²) in [7, 11) is 0. The van der Waals surface area contributed by atoms with E-state index in [0.29, 0.717) is 17.3 Å². The third-order valence-electron chi connectivity index (χ3n) is 11.8. The summed E-state index contributed by atoms with van der Waals surface area (Å²) < 4.78 is 5.66. The van der Waals surface area contributed by atoms with Crippen molar-refractivity contribution in [3.63, 3.8) is 0 Å². The normalized spacial score (nSPS) is 42.9. The van der Waals surface area contributed by atoms with Crippen LogP contribution in [0.2, 0.25) is 0 Å². The van der Waals surface area contributed by atoms with Crippen LogP contribution in [0.5, 0.6) is 0 Å². The van der Waals surface area contributed by atoms with E-state index < -0.39 is 0 Å². The van der Waals surface area contributed by atoms with E-state index in [-0.39, 0.29) is 29.4 Å². The van der Waals surface area contributed by atoms with Crippen molar-refractivity contribution in [1.82, 2.24) is 5.01 Å². The molecule has 0 radical (unpaired) electrons. The van der Waals surface area contributed by atoms with Crippen molar-refractivity contribution >= 4 is 17.6 Å². The largest absolute Gasteiger partial charge is 0.463 e. The van der Waals surface area contributed by atoms with Crippen LogP contribution in [-0.4, -0.2) is 28.7 Å². The SMILES string of the molecule is CC(=O)O[C@H]1CC[C@@]2(C)[C@@H](CC[C@@H]3[C@@H]2CC[C@]2(C)[C@@H](C4=NN(C(C)=O)[C@H](c5ccccc5)C4)CC[C@@H]32)C1. The predicted molar refractivity (Wildman–Crippen MR) is 145 cm³/mol. The molecule has 9 atom stereocenters. The Morgan fingerprint density at radius 3 is 2.38 bits per heavy atom. The van der Waals surface area contributed by atoms with Crippen molar-refractivity contribution in [2.24, 2.45) is 45.5 Å². The number of esters is 1. The lowest BCUT2D eigenvalue weighted by atomic mass is 9.44. The average Bonchev–Trinajstić information content (AvgIpc) is 3.46. The lowest BCUT2D eigenvalue weighted by Gasteiger charge is -2.61. The molecule has 1 heterocycles. The average molecular weight is 505 g/mol. The molecule has 1 aromatic rings. The van der Waals surface area contributed by atoms with Gasteiger partial charge in [-0.15, -0.1) is 0 Å². The van der Waals surface area contributed by atoms with Gasteiger partial charge in [0.1, 0.15) is 6.10 Å². The first-order chi connectivity index (χ1) is 17.7. The van der Waals surface area contributed by atoms with Crippen LogP contribution >= 0.6 is 0 Å². The van der Waals surface area contributed by atoms with E-state index in [1.165, 1.54) is 56.2 Å². The number of rotatable bonds is 3. The highest BCUT2D eigenvalue weighted by atomic mass is 16.5. The van der Waals surface area contributed by atoms with E-state index in [9.17, 15) is 9.59 Å². The van der Waals surface area contributed by atoms with E-state index in [0.717, 1.165) is 37.0 Å². The topological polar surface area (TPSA) is 59.0 Å². The number of nitrogens with zero attached hydrogens (tertiary/aromatic N) is 2. The minimum absolute atomic E-state index is 0.0365. The highest BCUT2D eigenvalue weighted by molar-refractivity contribution is 5.92. The van der Waals surface area contributed by atoms with Gasteiger partial charge in [-0.1, -0.05) is 44.2 Å². The van der Waals surface area contributed by atoms with Gasteiger partial charge in [-0.2, -0.15) is 5.10 Å². The van der Waals surface area contributed by atoms with Gasteiger partial charge in [-0.05, 0) is 97.9 Å². The number of fused-ring (bicyclic) bond motifs is 5. The summed E-state index contributed by atoms with van der Waals surface area (Å²) in [6, 6.07) is 10.5. The first-order valence-electron chi connectivity index (χ1n) is 14.8. The van der Waals surface area contributed by atoms with E-state index in [1.54, 1.807) is 18.9 Å². The van der Waals surface area contributed by atoms with E-state index in [4.69, 9.17) is 9.84 Å². The summed E-state index contributed by atoms with van der Waals surface area (Å²) in [6.45, 7) is 8.34. The summed E-state index contributed by atoms with van der Waals surface area (Å²) >= 11 is 0. The monoisotopic (exact) mass is 504 g/mol. The molecule has 1 aromatic carbocycles. The minimum Gasteiger partial charge on any atom is -0.463 e. The third-order valence-corrected chi connectivity index (χ3v) is 11.8. The van der Waals surface area contributed by atoms with Gasteiger partial charge >= 0.3 is 5.97 Å². The molecular formula is C32H44N2O3. The third kappa shape index (κ3) is 4.06.